The lowest BCUT2D eigenvalue weighted by Gasteiger charge is -2.09. The van der Waals surface area contributed by atoms with Gasteiger partial charge in [-0.2, -0.15) is 0 Å². The standard InChI is InChI=1S/C17H13F2N3O/c1-22-10-20-15(11-5-7-13(18)8-6-11)16(22)21-17(23)12-3-2-4-14(19)9-12/h2-10H,1H3,(H,21,23). The minimum atomic E-state index is -0.485. The molecule has 0 fully saturated rings. The Morgan fingerprint density at radius 3 is 2.52 bits per heavy atom. The second-order valence-corrected chi connectivity index (χ2v) is 5.02. The molecule has 1 aromatic heterocycles. The molecule has 0 aliphatic carbocycles. The number of benzene rings is 2. The summed E-state index contributed by atoms with van der Waals surface area (Å²) in [5.74, 6) is -0.834. The highest BCUT2D eigenvalue weighted by Crippen LogP contribution is 2.26. The van der Waals surface area contributed by atoms with Crippen molar-refractivity contribution >= 4 is 11.7 Å². The fourth-order valence-corrected chi connectivity index (χ4v) is 2.21. The Morgan fingerprint density at radius 2 is 1.83 bits per heavy atom. The molecule has 3 aromatic rings. The first kappa shape index (κ1) is 14.9. The molecule has 1 heterocycles. The third-order valence-electron chi connectivity index (χ3n) is 3.37. The molecule has 3 rings (SSSR count). The Bertz CT molecular complexity index is 857. The van der Waals surface area contributed by atoms with Crippen molar-refractivity contribution in [3.63, 3.8) is 0 Å². The van der Waals surface area contributed by atoms with E-state index in [0.717, 1.165) is 6.07 Å². The number of imidazole rings is 1. The Morgan fingerprint density at radius 1 is 1.09 bits per heavy atom. The summed E-state index contributed by atoms with van der Waals surface area (Å²) in [6.07, 6.45) is 1.54. The number of nitrogens with one attached hydrogen (secondary N) is 1. The van der Waals surface area contributed by atoms with E-state index in [-0.39, 0.29) is 11.4 Å². The molecule has 4 nitrogen and oxygen atoms in total. The van der Waals surface area contributed by atoms with Gasteiger partial charge in [-0.3, -0.25) is 4.79 Å². The van der Waals surface area contributed by atoms with Crippen LogP contribution in [0.1, 0.15) is 10.4 Å². The molecule has 0 aliphatic heterocycles. The minimum Gasteiger partial charge on any atom is -0.320 e. The number of amides is 1. The van der Waals surface area contributed by atoms with Gasteiger partial charge in [0, 0.05) is 18.2 Å². The van der Waals surface area contributed by atoms with Gasteiger partial charge in [0.15, 0.2) is 0 Å². The van der Waals surface area contributed by atoms with Crippen molar-refractivity contribution in [2.24, 2.45) is 7.05 Å². The maximum atomic E-state index is 13.2. The van der Waals surface area contributed by atoms with Crippen molar-refractivity contribution in [1.82, 2.24) is 9.55 Å². The lowest BCUT2D eigenvalue weighted by atomic mass is 10.1. The van der Waals surface area contributed by atoms with Crippen LogP contribution in [0, 0.1) is 11.6 Å². The number of anilines is 1. The fraction of sp³-hybridized carbons (Fsp3) is 0.0588. The van der Waals surface area contributed by atoms with Crippen molar-refractivity contribution in [3.8, 4) is 11.3 Å². The molecule has 2 aromatic carbocycles. The van der Waals surface area contributed by atoms with Crippen LogP contribution in [0.15, 0.2) is 54.9 Å². The number of carbonyl (C=O) groups is 1. The third kappa shape index (κ3) is 3.11. The molecule has 0 radical (unpaired) electrons. The van der Waals surface area contributed by atoms with Crippen LogP contribution in [-0.2, 0) is 7.05 Å². The van der Waals surface area contributed by atoms with Crippen molar-refractivity contribution in [2.75, 3.05) is 5.32 Å². The van der Waals surface area contributed by atoms with E-state index in [4.69, 9.17) is 0 Å². The zero-order valence-electron chi connectivity index (χ0n) is 12.3. The zero-order chi connectivity index (χ0) is 16.4. The molecular weight excluding hydrogens is 300 g/mol. The fourth-order valence-electron chi connectivity index (χ4n) is 2.21. The SMILES string of the molecule is Cn1cnc(-c2ccc(F)cc2)c1NC(=O)c1cccc(F)c1. The summed E-state index contributed by atoms with van der Waals surface area (Å²) in [7, 11) is 1.72. The minimum absolute atomic E-state index is 0.205. The number of aromatic nitrogens is 2. The van der Waals surface area contributed by atoms with E-state index < -0.39 is 11.7 Å². The van der Waals surface area contributed by atoms with Gasteiger partial charge in [0.05, 0.1) is 6.33 Å². The molecule has 0 atom stereocenters. The van der Waals surface area contributed by atoms with Crippen LogP contribution in [0.25, 0.3) is 11.3 Å². The largest absolute Gasteiger partial charge is 0.320 e. The van der Waals surface area contributed by atoms with Gasteiger partial charge < -0.3 is 9.88 Å². The van der Waals surface area contributed by atoms with Crippen LogP contribution in [0.5, 0.6) is 0 Å². The van der Waals surface area contributed by atoms with Crippen LogP contribution < -0.4 is 5.32 Å². The van der Waals surface area contributed by atoms with Gasteiger partial charge in [-0.25, -0.2) is 13.8 Å². The summed E-state index contributed by atoms with van der Waals surface area (Å²) in [5, 5.41) is 2.72. The van der Waals surface area contributed by atoms with Gasteiger partial charge >= 0.3 is 0 Å². The average Bonchev–Trinajstić information content (AvgIpc) is 2.89. The van der Waals surface area contributed by atoms with E-state index in [1.165, 1.54) is 30.3 Å². The Labute approximate surface area is 131 Å². The van der Waals surface area contributed by atoms with Gasteiger partial charge in [0.2, 0.25) is 0 Å². The van der Waals surface area contributed by atoms with E-state index in [0.29, 0.717) is 17.1 Å². The number of hydrogen-bond acceptors (Lipinski definition) is 2. The van der Waals surface area contributed by atoms with Crippen molar-refractivity contribution in [1.29, 1.82) is 0 Å². The van der Waals surface area contributed by atoms with Gasteiger partial charge in [0.1, 0.15) is 23.1 Å². The quantitative estimate of drug-likeness (QED) is 0.803. The highest BCUT2D eigenvalue weighted by Gasteiger charge is 2.15. The van der Waals surface area contributed by atoms with E-state index in [1.54, 1.807) is 30.1 Å². The molecule has 6 heteroatoms. The van der Waals surface area contributed by atoms with Crippen LogP contribution in [0.4, 0.5) is 14.6 Å². The molecule has 1 amide bonds. The summed E-state index contributed by atoms with van der Waals surface area (Å²) < 4.78 is 27.9. The second kappa shape index (κ2) is 6.00. The first-order chi connectivity index (χ1) is 11.0. The zero-order valence-corrected chi connectivity index (χ0v) is 12.3. The molecule has 0 saturated carbocycles. The molecule has 0 unspecified atom stereocenters. The van der Waals surface area contributed by atoms with Crippen LogP contribution >= 0.6 is 0 Å². The molecular formula is C17H13F2N3O. The van der Waals surface area contributed by atoms with Crippen molar-refractivity contribution in [3.05, 3.63) is 72.1 Å². The highest BCUT2D eigenvalue weighted by atomic mass is 19.1. The Balaban J connectivity index is 1.93. The smallest absolute Gasteiger partial charge is 0.256 e. The number of nitrogens with zero attached hydrogens (tertiary/aromatic N) is 2. The van der Waals surface area contributed by atoms with E-state index in [2.05, 4.69) is 10.3 Å². The topological polar surface area (TPSA) is 46.9 Å². The average molecular weight is 313 g/mol. The van der Waals surface area contributed by atoms with Crippen LogP contribution in [0.3, 0.4) is 0 Å². The number of halogens is 2. The molecule has 23 heavy (non-hydrogen) atoms. The number of rotatable bonds is 3. The second-order valence-electron chi connectivity index (χ2n) is 5.02. The number of hydrogen-bond donors (Lipinski definition) is 1. The maximum Gasteiger partial charge on any atom is 0.256 e. The predicted octanol–water partition coefficient (Wildman–Crippen LogP) is 3.62. The Kier molecular flexibility index (Phi) is 3.89. The first-order valence-electron chi connectivity index (χ1n) is 6.89. The van der Waals surface area contributed by atoms with E-state index in [9.17, 15) is 13.6 Å². The van der Waals surface area contributed by atoms with Gasteiger partial charge in [-0.15, -0.1) is 0 Å². The molecule has 0 saturated heterocycles. The van der Waals surface area contributed by atoms with Crippen LogP contribution in [0.2, 0.25) is 0 Å². The van der Waals surface area contributed by atoms with Crippen LogP contribution in [-0.4, -0.2) is 15.5 Å². The van der Waals surface area contributed by atoms with E-state index in [1.807, 2.05) is 0 Å². The van der Waals surface area contributed by atoms with Gasteiger partial charge in [0.25, 0.3) is 5.91 Å². The first-order valence-corrected chi connectivity index (χ1v) is 6.89. The summed E-state index contributed by atoms with van der Waals surface area (Å²) >= 11 is 0. The monoisotopic (exact) mass is 313 g/mol. The lowest BCUT2D eigenvalue weighted by Crippen LogP contribution is -2.15. The van der Waals surface area contributed by atoms with Gasteiger partial charge in [-0.05, 0) is 42.5 Å². The normalized spacial score (nSPS) is 10.6. The maximum absolute atomic E-state index is 13.2. The summed E-state index contributed by atoms with van der Waals surface area (Å²) in [6.45, 7) is 0. The Hall–Kier alpha value is -3.02. The summed E-state index contributed by atoms with van der Waals surface area (Å²) in [6, 6.07) is 11.2. The molecule has 1 N–H and O–H groups in total. The molecule has 0 spiro atoms. The summed E-state index contributed by atoms with van der Waals surface area (Å²) in [4.78, 5) is 16.5. The lowest BCUT2D eigenvalue weighted by molar-refractivity contribution is 0.102. The summed E-state index contributed by atoms with van der Waals surface area (Å²) in [5.41, 5.74) is 1.38. The molecule has 0 aliphatic rings. The molecule has 116 valence electrons. The molecule has 0 bridgehead atoms. The van der Waals surface area contributed by atoms with E-state index >= 15 is 0 Å². The predicted molar refractivity (Wildman–Crippen MR) is 83.0 cm³/mol. The number of aryl methyl sites for hydroxylation is 1. The van der Waals surface area contributed by atoms with Gasteiger partial charge in [-0.1, -0.05) is 6.07 Å². The number of carbonyl (C=O) groups excluding carboxylic acids is 1. The highest BCUT2D eigenvalue weighted by molar-refractivity contribution is 6.05. The van der Waals surface area contributed by atoms with Crippen molar-refractivity contribution < 1.29 is 13.6 Å². The van der Waals surface area contributed by atoms with Crippen molar-refractivity contribution in [2.45, 2.75) is 0 Å². The third-order valence-corrected chi connectivity index (χ3v) is 3.37.